The molecule has 8 atom stereocenters. The van der Waals surface area contributed by atoms with Crippen LogP contribution in [0, 0.1) is 0 Å². The molecule has 26 nitrogen and oxygen atoms in total. The molecule has 4 aliphatic rings. The number of nitrogen functional groups attached to an aromatic ring is 1. The third kappa shape index (κ3) is 13.1. The fourth-order valence-electron chi connectivity index (χ4n) is 10.9. The molecular formula is C50H63N10O16P3S. The van der Waals surface area contributed by atoms with Gasteiger partial charge in [-0.2, -0.15) is 4.31 Å². The van der Waals surface area contributed by atoms with E-state index in [9.17, 15) is 48.2 Å². The number of amides is 3. The second kappa shape index (κ2) is 22.5. The quantitative estimate of drug-likeness (QED) is 0.0410. The van der Waals surface area contributed by atoms with E-state index in [1.165, 1.54) is 16.5 Å². The number of phosphoric ester groups is 1. The van der Waals surface area contributed by atoms with E-state index in [4.69, 9.17) is 29.5 Å². The van der Waals surface area contributed by atoms with E-state index in [1.54, 1.807) is 11.9 Å². The number of fused-ring (bicyclic) bond motifs is 5. The van der Waals surface area contributed by atoms with Crippen molar-refractivity contribution in [2.24, 2.45) is 4.99 Å². The first-order chi connectivity index (χ1) is 37.5. The number of aromatic nitrogens is 4. The smallest absolute Gasteiger partial charge is 0.456 e. The average molecular weight is 1190 g/mol. The maximum atomic E-state index is 14.6. The molecule has 0 saturated carbocycles. The second-order valence-electron chi connectivity index (χ2n) is 21.5. The summed E-state index contributed by atoms with van der Waals surface area (Å²) in [7, 11) is -9.60. The van der Waals surface area contributed by atoms with Gasteiger partial charge in [0.15, 0.2) is 23.8 Å². The zero-order chi connectivity index (χ0) is 57.9. The van der Waals surface area contributed by atoms with Gasteiger partial charge in [-0.05, 0) is 105 Å². The van der Waals surface area contributed by atoms with Crippen molar-refractivity contribution in [3.05, 3.63) is 99.6 Å². The largest absolute Gasteiger partial charge is 0.488 e. The number of aliphatic hydroxyl groups is 1. The van der Waals surface area contributed by atoms with Crippen molar-refractivity contribution < 1.29 is 75.5 Å². The minimum absolute atomic E-state index is 0.0155. The topological polar surface area (TPSA) is 363 Å². The Kier molecular flexibility index (Phi) is 16.6. The number of alkyl carbamates (subject to hydrolysis) is 1. The van der Waals surface area contributed by atoms with Crippen molar-refractivity contribution >= 4 is 80.3 Å². The molecule has 5 aromatic rings. The Morgan fingerprint density at radius 3 is 2.40 bits per heavy atom. The number of carbonyl (C=O) groups excluding carboxylic acids is 3. The number of nitrogens with two attached hydrogens (primary N) is 1. The van der Waals surface area contributed by atoms with Gasteiger partial charge >= 0.3 is 28.5 Å². The molecule has 30 heteroatoms. The highest BCUT2D eigenvalue weighted by Gasteiger charge is 2.50. The Bertz CT molecular complexity index is 3560. The van der Waals surface area contributed by atoms with Gasteiger partial charge in [0.25, 0.3) is 5.91 Å². The van der Waals surface area contributed by atoms with E-state index in [2.05, 4.69) is 111 Å². The van der Waals surface area contributed by atoms with E-state index < -0.39 is 59.6 Å². The summed E-state index contributed by atoms with van der Waals surface area (Å²) in [4.78, 5) is 97.9. The lowest BCUT2D eigenvalue weighted by molar-refractivity contribution is -0.121. The highest BCUT2D eigenvalue weighted by atomic mass is 32.5. The predicted molar refractivity (Wildman–Crippen MR) is 293 cm³/mol. The molecule has 3 amide bonds. The zero-order valence-electron chi connectivity index (χ0n) is 44.6. The number of hydrogen-bond acceptors (Lipinski definition) is 19. The molecule has 0 radical (unpaired) electrons. The molecule has 4 unspecified atom stereocenters. The number of imidazole rings is 1. The summed E-state index contributed by atoms with van der Waals surface area (Å²) in [6, 6.07) is 16.0. The zero-order valence-corrected chi connectivity index (χ0v) is 48.1. The van der Waals surface area contributed by atoms with Crippen molar-refractivity contribution in [3.63, 3.8) is 0 Å². The molecule has 430 valence electrons. The molecule has 1 saturated heterocycles. The van der Waals surface area contributed by atoms with Crippen LogP contribution < -0.4 is 37.0 Å². The lowest BCUT2D eigenvalue weighted by Gasteiger charge is -2.38. The van der Waals surface area contributed by atoms with E-state index in [-0.39, 0.29) is 77.8 Å². The minimum Gasteiger partial charge on any atom is -0.456 e. The summed E-state index contributed by atoms with van der Waals surface area (Å²) in [5.41, 5.74) is 12.0. The van der Waals surface area contributed by atoms with Crippen LogP contribution in [-0.2, 0) is 48.4 Å². The molecular weight excluding hydrogens is 1120 g/mol. The van der Waals surface area contributed by atoms with E-state index in [0.717, 1.165) is 57.7 Å². The fraction of sp³-hybridized carbons (Fsp3) is 0.460. The normalized spacial score (nSPS) is 23.1. The summed E-state index contributed by atoms with van der Waals surface area (Å²) >= 11 is 4.11. The van der Waals surface area contributed by atoms with Crippen LogP contribution in [0.4, 0.5) is 16.3 Å². The third-order valence-electron chi connectivity index (χ3n) is 14.0. The van der Waals surface area contributed by atoms with Crippen molar-refractivity contribution in [2.45, 2.75) is 115 Å². The number of rotatable bonds is 18. The number of nitrogens with one attached hydrogen (secondary N) is 3. The van der Waals surface area contributed by atoms with Crippen LogP contribution >= 0.6 is 22.4 Å². The first-order valence-electron chi connectivity index (χ1n) is 25.5. The average Bonchev–Trinajstić information content (AvgIpc) is 3.98. The Labute approximate surface area is 464 Å². The molecule has 10 N–H and O–H groups in total. The van der Waals surface area contributed by atoms with Crippen LogP contribution in [0.15, 0.2) is 66.2 Å². The van der Waals surface area contributed by atoms with Crippen molar-refractivity contribution in [2.75, 3.05) is 44.3 Å². The van der Waals surface area contributed by atoms with Crippen LogP contribution in [-0.4, -0.2) is 130 Å². The van der Waals surface area contributed by atoms with Gasteiger partial charge in [-0.3, -0.25) is 23.7 Å². The van der Waals surface area contributed by atoms with Gasteiger partial charge in [-0.25, -0.2) is 33.2 Å². The Morgan fingerprint density at radius 1 is 0.925 bits per heavy atom. The molecule has 80 heavy (non-hydrogen) atoms. The molecule has 0 spiro atoms. The minimum atomic E-state index is -5.69. The van der Waals surface area contributed by atoms with Gasteiger partial charge in [0.2, 0.25) is 5.91 Å². The summed E-state index contributed by atoms with van der Waals surface area (Å²) < 4.78 is 56.8. The van der Waals surface area contributed by atoms with Gasteiger partial charge in [-0.1, -0.05) is 32.0 Å². The number of nitrogens with zero attached hydrogens (tertiary/aromatic N) is 6. The maximum Gasteiger partial charge on any atom is 0.488 e. The summed E-state index contributed by atoms with van der Waals surface area (Å²) in [5.74, 6) is 1.17. The van der Waals surface area contributed by atoms with Crippen LogP contribution in [0.25, 0.3) is 16.7 Å². The number of carbonyl (C=O) groups is 3. The highest BCUT2D eigenvalue weighted by molar-refractivity contribution is 8.08. The second-order valence-corrected chi connectivity index (χ2v) is 27.4. The van der Waals surface area contributed by atoms with E-state index in [1.807, 2.05) is 30.3 Å². The number of anilines is 2. The molecule has 1 fully saturated rings. The Morgan fingerprint density at radius 2 is 1.65 bits per heavy atom. The SMILES string of the molecule is CC1CC(C)(C)Nc2cc3c(cc21)C(c1ccccc1C(=O)N(C)CCCC(=O)NCCNC(=O)O[C@H]1[C@@H](O)[C@H](n2cnc4c(N)ncnc42)O[C@@H]1COP(=O)(O)OP(=O)(O)OP(O)(O)=S)=c1cc2c(cc1O3)=NC(C)(C)CC2C. The third-order valence-corrected chi connectivity index (χ3v) is 18.4. The summed E-state index contributed by atoms with van der Waals surface area (Å²) in [6.07, 6.45) is -3.21. The fourth-order valence-corrected chi connectivity index (χ4v) is 14.7. The van der Waals surface area contributed by atoms with Gasteiger partial charge in [0.05, 0.1) is 23.8 Å². The molecule has 3 aromatic carbocycles. The molecule has 6 heterocycles. The number of ether oxygens (including phenoxy) is 3. The maximum absolute atomic E-state index is 14.6. The predicted octanol–water partition coefficient (Wildman–Crippen LogP) is 4.85. The molecule has 0 aliphatic carbocycles. The van der Waals surface area contributed by atoms with Crippen LogP contribution in [0.3, 0.4) is 0 Å². The number of benzene rings is 3. The number of aliphatic hydroxyl groups excluding tert-OH is 1. The lowest BCUT2D eigenvalue weighted by Crippen LogP contribution is -2.42. The number of hydrogen-bond donors (Lipinski definition) is 9. The van der Waals surface area contributed by atoms with E-state index in [0.29, 0.717) is 23.5 Å². The van der Waals surface area contributed by atoms with Crippen molar-refractivity contribution in [1.29, 1.82) is 0 Å². The van der Waals surface area contributed by atoms with Crippen molar-refractivity contribution in [1.82, 2.24) is 35.1 Å². The Hall–Kier alpha value is -5.76. The van der Waals surface area contributed by atoms with Crippen LogP contribution in [0.1, 0.15) is 118 Å². The van der Waals surface area contributed by atoms with Crippen LogP contribution in [0.2, 0.25) is 0 Å². The molecule has 0 bridgehead atoms. The standard InChI is InChI=1S/C50H63N10O16P3S/c1-26-21-49(3,4)57-34-19-36-32(17-30(26)34)40(33-18-31-27(2)22-50(5,6)58-35(31)20-37(33)72-36)28-11-8-9-12-29(28)46(63)59(7)16-10-13-39(61)52-14-15-53-48(64)74-43-38(23-71-77(65,66)75-78(67,68)76-79(69,70)80)73-47(42(43)62)60-25-56-41-44(51)54-24-55-45(41)60/h8-9,11-12,17-20,24-27,38,42-43,47,57,62H,10,13-16,21-23H2,1-7H3,(H,52,61)(H,53,64)(H,65,66)(H,67,68)(H2,51,54,55)(H2,69,70,80)/t26?,27?,38-,42-,43-,47-/m1/s1. The molecule has 2 aromatic heterocycles. The van der Waals surface area contributed by atoms with Gasteiger partial charge in [0, 0.05) is 78.4 Å². The lowest BCUT2D eigenvalue weighted by atomic mass is 9.79. The summed E-state index contributed by atoms with van der Waals surface area (Å²) in [6.45, 7) is 7.16. The van der Waals surface area contributed by atoms with Gasteiger partial charge in [0.1, 0.15) is 35.6 Å². The first-order valence-corrected chi connectivity index (χ1v) is 31.1. The van der Waals surface area contributed by atoms with E-state index >= 15 is 0 Å². The van der Waals surface area contributed by atoms with Crippen LogP contribution in [0.5, 0.6) is 11.5 Å². The first kappa shape index (κ1) is 58.9. The monoisotopic (exact) mass is 1180 g/mol. The highest BCUT2D eigenvalue weighted by Crippen LogP contribution is 2.66. The van der Waals surface area contributed by atoms with Gasteiger partial charge in [-0.15, -0.1) is 0 Å². The number of phosphoric acid groups is 2. The Balaban J connectivity index is 0.834. The summed E-state index contributed by atoms with van der Waals surface area (Å²) in [5, 5.41) is 22.0. The molecule has 9 rings (SSSR count). The van der Waals surface area contributed by atoms with Crippen molar-refractivity contribution in [3.8, 4) is 11.5 Å². The van der Waals surface area contributed by atoms with Gasteiger partial charge < -0.3 is 65.5 Å². The molecule has 4 aliphatic heterocycles.